The van der Waals surface area contributed by atoms with Crippen LogP contribution in [0.15, 0.2) is 6.07 Å². The van der Waals surface area contributed by atoms with Gasteiger partial charge in [-0.1, -0.05) is 26.7 Å². The van der Waals surface area contributed by atoms with E-state index in [0.29, 0.717) is 12.0 Å². The summed E-state index contributed by atoms with van der Waals surface area (Å²) < 4.78 is 7.80. The molecular weight excluding hydrogens is 326 g/mol. The third-order valence-electron chi connectivity index (χ3n) is 5.12. The number of hydrogen-bond acceptors (Lipinski definition) is 3. The molecule has 3 rings (SSSR count). The highest BCUT2D eigenvalue weighted by molar-refractivity contribution is 5.68. The molecule has 5 nitrogen and oxygen atoms in total. The molecule has 1 aliphatic carbocycles. The van der Waals surface area contributed by atoms with Crippen LogP contribution in [0.1, 0.15) is 96.5 Å². The van der Waals surface area contributed by atoms with E-state index in [-0.39, 0.29) is 6.09 Å². The third kappa shape index (κ3) is 5.24. The number of aromatic nitrogens is 2. The molecule has 1 amide bonds. The number of aryl methyl sites for hydroxylation is 1. The van der Waals surface area contributed by atoms with Gasteiger partial charge in [-0.2, -0.15) is 5.10 Å². The van der Waals surface area contributed by atoms with Crippen molar-refractivity contribution in [2.45, 2.75) is 97.6 Å². The Morgan fingerprint density at radius 2 is 1.69 bits per heavy atom. The lowest BCUT2D eigenvalue weighted by molar-refractivity contribution is 0.0203. The van der Waals surface area contributed by atoms with Crippen LogP contribution < -0.4 is 0 Å². The lowest BCUT2D eigenvalue weighted by atomic mass is 9.93. The van der Waals surface area contributed by atoms with Gasteiger partial charge in [0, 0.05) is 24.7 Å². The Kier molecular flexibility index (Phi) is 7.13. The van der Waals surface area contributed by atoms with Gasteiger partial charge in [0.05, 0.1) is 11.7 Å². The van der Waals surface area contributed by atoms with Crippen LogP contribution in [0.25, 0.3) is 0 Å². The Balaban J connectivity index is 0.00000117. The van der Waals surface area contributed by atoms with Gasteiger partial charge in [-0.05, 0) is 59.4 Å². The number of carbonyl (C=O) groups is 1. The molecule has 0 spiro atoms. The molecule has 1 saturated carbocycles. The summed E-state index contributed by atoms with van der Waals surface area (Å²) in [6.07, 6.45) is 6.96. The Hall–Kier alpha value is -1.52. The van der Waals surface area contributed by atoms with Crippen molar-refractivity contribution in [3.05, 3.63) is 17.5 Å². The van der Waals surface area contributed by atoms with Crippen molar-refractivity contribution in [3.8, 4) is 0 Å². The predicted molar refractivity (Wildman–Crippen MR) is 106 cm³/mol. The summed E-state index contributed by atoms with van der Waals surface area (Å²) in [7, 11) is 0. The number of hydrogen-bond donors (Lipinski definition) is 0. The largest absolute Gasteiger partial charge is 0.444 e. The SMILES string of the molecule is CC.Cc1cc(C2CCN(C(=O)OC(C)(C)C)CC2)n(C2CCCC2)n1. The Morgan fingerprint density at radius 1 is 1.12 bits per heavy atom. The van der Waals surface area contributed by atoms with Crippen LogP contribution in [-0.2, 0) is 4.74 Å². The predicted octanol–water partition coefficient (Wildman–Crippen LogP) is 5.45. The molecule has 0 N–H and O–H groups in total. The number of likely N-dealkylation sites (tertiary alicyclic amines) is 1. The van der Waals surface area contributed by atoms with E-state index in [1.165, 1.54) is 31.4 Å². The number of rotatable bonds is 2. The van der Waals surface area contributed by atoms with Gasteiger partial charge in [0.1, 0.15) is 5.60 Å². The summed E-state index contributed by atoms with van der Waals surface area (Å²) in [6.45, 7) is 13.4. The Morgan fingerprint density at radius 3 is 2.23 bits per heavy atom. The maximum Gasteiger partial charge on any atom is 0.410 e. The zero-order valence-corrected chi connectivity index (χ0v) is 17.5. The van der Waals surface area contributed by atoms with Gasteiger partial charge >= 0.3 is 6.09 Å². The van der Waals surface area contributed by atoms with Crippen molar-refractivity contribution >= 4 is 6.09 Å². The zero-order valence-electron chi connectivity index (χ0n) is 17.5. The van der Waals surface area contributed by atoms with Crippen molar-refractivity contribution in [3.63, 3.8) is 0 Å². The van der Waals surface area contributed by atoms with Gasteiger partial charge in [0.25, 0.3) is 0 Å². The van der Waals surface area contributed by atoms with Crippen molar-refractivity contribution in [2.24, 2.45) is 0 Å². The minimum absolute atomic E-state index is 0.179. The van der Waals surface area contributed by atoms with E-state index in [4.69, 9.17) is 9.84 Å². The summed E-state index contributed by atoms with van der Waals surface area (Å²) in [5, 5.41) is 4.78. The second-order valence-electron chi connectivity index (χ2n) is 8.34. The van der Waals surface area contributed by atoms with Gasteiger partial charge < -0.3 is 9.64 Å². The van der Waals surface area contributed by atoms with Crippen LogP contribution in [0, 0.1) is 6.92 Å². The molecule has 0 aromatic carbocycles. The van der Waals surface area contributed by atoms with E-state index in [1.807, 2.05) is 39.5 Å². The molecule has 0 bridgehead atoms. The van der Waals surface area contributed by atoms with Gasteiger partial charge in [-0.15, -0.1) is 0 Å². The topological polar surface area (TPSA) is 47.4 Å². The maximum absolute atomic E-state index is 12.2. The first-order valence-corrected chi connectivity index (χ1v) is 10.4. The van der Waals surface area contributed by atoms with Crippen LogP contribution in [0.4, 0.5) is 4.79 Å². The quantitative estimate of drug-likeness (QED) is 0.702. The molecule has 0 unspecified atom stereocenters. The number of nitrogens with zero attached hydrogens (tertiary/aromatic N) is 3. The summed E-state index contributed by atoms with van der Waals surface area (Å²) in [5.74, 6) is 0.505. The van der Waals surface area contributed by atoms with E-state index >= 15 is 0 Å². The first-order valence-electron chi connectivity index (χ1n) is 10.4. The highest BCUT2D eigenvalue weighted by atomic mass is 16.6. The second-order valence-corrected chi connectivity index (χ2v) is 8.34. The second kappa shape index (κ2) is 8.92. The first-order chi connectivity index (χ1) is 12.3. The van der Waals surface area contributed by atoms with Gasteiger partial charge in [-0.25, -0.2) is 4.79 Å². The lowest BCUT2D eigenvalue weighted by Gasteiger charge is -2.34. The summed E-state index contributed by atoms with van der Waals surface area (Å²) in [6, 6.07) is 2.84. The van der Waals surface area contributed by atoms with Crippen LogP contribution in [0.3, 0.4) is 0 Å². The highest BCUT2D eigenvalue weighted by Crippen LogP contribution is 2.35. The first kappa shape index (κ1) is 20.8. The average molecular weight is 364 g/mol. The van der Waals surface area contributed by atoms with Crippen LogP contribution >= 0.6 is 0 Å². The fourth-order valence-corrected chi connectivity index (χ4v) is 3.97. The number of piperidine rings is 1. The fourth-order valence-electron chi connectivity index (χ4n) is 3.97. The molecule has 1 aliphatic heterocycles. The minimum Gasteiger partial charge on any atom is -0.444 e. The highest BCUT2D eigenvalue weighted by Gasteiger charge is 2.30. The molecule has 148 valence electrons. The number of amides is 1. The van der Waals surface area contributed by atoms with E-state index < -0.39 is 5.60 Å². The molecule has 1 saturated heterocycles. The normalized spacial score (nSPS) is 19.2. The van der Waals surface area contributed by atoms with Crippen LogP contribution in [-0.4, -0.2) is 39.5 Å². The summed E-state index contributed by atoms with van der Waals surface area (Å²) in [5.41, 5.74) is 2.07. The van der Waals surface area contributed by atoms with E-state index in [2.05, 4.69) is 17.7 Å². The van der Waals surface area contributed by atoms with E-state index in [0.717, 1.165) is 31.6 Å². The zero-order chi connectivity index (χ0) is 19.3. The van der Waals surface area contributed by atoms with Crippen LogP contribution in [0.2, 0.25) is 0 Å². The molecule has 2 aliphatic rings. The Bertz CT molecular complexity index is 575. The van der Waals surface area contributed by atoms with Crippen molar-refractivity contribution < 1.29 is 9.53 Å². The van der Waals surface area contributed by atoms with Crippen molar-refractivity contribution in [1.29, 1.82) is 0 Å². The van der Waals surface area contributed by atoms with Crippen molar-refractivity contribution in [1.82, 2.24) is 14.7 Å². The molecule has 2 heterocycles. The molecule has 5 heteroatoms. The monoisotopic (exact) mass is 363 g/mol. The molecule has 1 aromatic heterocycles. The molecule has 2 fully saturated rings. The van der Waals surface area contributed by atoms with E-state index in [1.54, 1.807) is 0 Å². The minimum atomic E-state index is -0.424. The lowest BCUT2D eigenvalue weighted by Crippen LogP contribution is -2.41. The Labute approximate surface area is 159 Å². The standard InChI is InChI=1S/C19H31N3O2.C2H6/c1-14-13-17(22(20-14)16-7-5-6-8-16)15-9-11-21(12-10-15)18(23)24-19(2,3)4;1-2/h13,15-16H,5-12H2,1-4H3;1-2H3. The average Bonchev–Trinajstić information content (AvgIpc) is 3.24. The van der Waals surface area contributed by atoms with Gasteiger partial charge in [0.2, 0.25) is 0 Å². The van der Waals surface area contributed by atoms with Crippen molar-refractivity contribution in [2.75, 3.05) is 13.1 Å². The molecule has 0 radical (unpaired) electrons. The molecule has 1 aromatic rings. The third-order valence-corrected chi connectivity index (χ3v) is 5.12. The fraction of sp³-hybridized carbons (Fsp3) is 0.810. The van der Waals surface area contributed by atoms with E-state index in [9.17, 15) is 4.79 Å². The smallest absolute Gasteiger partial charge is 0.410 e. The summed E-state index contributed by atoms with van der Waals surface area (Å²) in [4.78, 5) is 14.1. The number of ether oxygens (including phenoxy) is 1. The number of carbonyl (C=O) groups excluding carboxylic acids is 1. The van der Waals surface area contributed by atoms with Gasteiger partial charge in [-0.3, -0.25) is 4.68 Å². The molecular formula is C21H37N3O2. The molecule has 0 atom stereocenters. The maximum atomic E-state index is 12.2. The summed E-state index contributed by atoms with van der Waals surface area (Å²) >= 11 is 0. The van der Waals surface area contributed by atoms with Crippen LogP contribution in [0.5, 0.6) is 0 Å². The molecule has 26 heavy (non-hydrogen) atoms. The van der Waals surface area contributed by atoms with Gasteiger partial charge in [0.15, 0.2) is 0 Å².